The first-order chi connectivity index (χ1) is 16.1. The van der Waals surface area contributed by atoms with E-state index >= 15 is 0 Å². The molecule has 0 aliphatic carbocycles. The number of halogens is 3. The highest BCUT2D eigenvalue weighted by Crippen LogP contribution is 2.34. The average Bonchev–Trinajstić information content (AvgIpc) is 2.81. The Morgan fingerprint density at radius 2 is 1.74 bits per heavy atom. The lowest BCUT2D eigenvalue weighted by atomic mass is 10.1. The maximum atomic E-state index is 13.0. The number of hydrogen-bond donors (Lipinski definition) is 2. The van der Waals surface area contributed by atoms with Crippen molar-refractivity contribution in [2.24, 2.45) is 5.73 Å². The van der Waals surface area contributed by atoms with E-state index in [1.54, 1.807) is 36.4 Å². The Hall–Kier alpha value is -4.08. The number of carbonyl (C=O) groups excluding carboxylic acids is 2. The first-order valence-corrected chi connectivity index (χ1v) is 10.2. The number of alkyl halides is 3. The van der Waals surface area contributed by atoms with Gasteiger partial charge in [-0.15, -0.1) is 0 Å². The number of benzene rings is 2. The Kier molecular flexibility index (Phi) is 7.72. The van der Waals surface area contributed by atoms with Gasteiger partial charge in [0, 0.05) is 24.4 Å². The van der Waals surface area contributed by atoms with Gasteiger partial charge in [-0.05, 0) is 53.9 Å². The van der Waals surface area contributed by atoms with Gasteiger partial charge in [-0.1, -0.05) is 12.1 Å². The van der Waals surface area contributed by atoms with Crippen molar-refractivity contribution in [1.82, 2.24) is 4.98 Å². The fourth-order valence-electron chi connectivity index (χ4n) is 3.05. The highest BCUT2D eigenvalue weighted by atomic mass is 19.4. The van der Waals surface area contributed by atoms with Crippen molar-refractivity contribution in [3.8, 4) is 11.5 Å². The van der Waals surface area contributed by atoms with Crippen molar-refractivity contribution in [2.45, 2.75) is 25.6 Å². The molecule has 34 heavy (non-hydrogen) atoms. The van der Waals surface area contributed by atoms with Gasteiger partial charge in [0.15, 0.2) is 0 Å². The van der Waals surface area contributed by atoms with E-state index < -0.39 is 23.6 Å². The van der Waals surface area contributed by atoms with Gasteiger partial charge in [0.25, 0.3) is 5.91 Å². The Morgan fingerprint density at radius 3 is 2.38 bits per heavy atom. The lowest BCUT2D eigenvalue weighted by molar-refractivity contribution is -0.137. The molecule has 0 spiro atoms. The number of aryl methyl sites for hydroxylation is 1. The van der Waals surface area contributed by atoms with Gasteiger partial charge < -0.3 is 20.5 Å². The molecule has 3 rings (SSSR count). The van der Waals surface area contributed by atoms with E-state index in [2.05, 4.69) is 10.3 Å². The molecule has 0 fully saturated rings. The number of aromatic nitrogens is 1. The molecule has 1 aromatic heterocycles. The summed E-state index contributed by atoms with van der Waals surface area (Å²) < 4.78 is 49.6. The number of nitrogens with zero attached hydrogens (tertiary/aromatic N) is 1. The molecule has 7 nitrogen and oxygen atoms in total. The standard InChI is InChI=1S/C24H22F3N3O4/c1-33-20-12-17(24(25,26)27)11-18(13-20)30-22(31)7-4-15-2-5-19(6-3-15)34-14-16-8-9-29-21(10-16)23(28)32/h2-3,5-6,8-13H,4,7,14H2,1H3,(H2,28,32)(H,30,31). The topological polar surface area (TPSA) is 104 Å². The summed E-state index contributed by atoms with van der Waals surface area (Å²) in [7, 11) is 1.25. The lowest BCUT2D eigenvalue weighted by Gasteiger charge is -2.12. The largest absolute Gasteiger partial charge is 0.497 e. The van der Waals surface area contributed by atoms with Gasteiger partial charge in [-0.25, -0.2) is 0 Å². The molecule has 2 aromatic carbocycles. The molecule has 2 amide bonds. The van der Waals surface area contributed by atoms with E-state index in [0.29, 0.717) is 12.2 Å². The lowest BCUT2D eigenvalue weighted by Crippen LogP contribution is -2.14. The number of amides is 2. The molecule has 0 saturated carbocycles. The van der Waals surface area contributed by atoms with Crippen LogP contribution in [0.5, 0.6) is 11.5 Å². The number of nitrogens with two attached hydrogens (primary N) is 1. The Labute approximate surface area is 193 Å². The summed E-state index contributed by atoms with van der Waals surface area (Å²) in [5, 5.41) is 2.48. The molecule has 3 aromatic rings. The maximum absolute atomic E-state index is 13.0. The normalized spacial score (nSPS) is 11.1. The summed E-state index contributed by atoms with van der Waals surface area (Å²) >= 11 is 0. The van der Waals surface area contributed by atoms with E-state index in [0.717, 1.165) is 23.3 Å². The minimum absolute atomic E-state index is 0.00155. The number of pyridine rings is 1. The minimum Gasteiger partial charge on any atom is -0.497 e. The van der Waals surface area contributed by atoms with Crippen LogP contribution in [0.4, 0.5) is 18.9 Å². The molecule has 0 aliphatic rings. The Balaban J connectivity index is 1.53. The summed E-state index contributed by atoms with van der Waals surface area (Å²) in [5.41, 5.74) is 6.05. The van der Waals surface area contributed by atoms with E-state index in [1.165, 1.54) is 19.4 Å². The quantitative estimate of drug-likeness (QED) is 0.481. The predicted molar refractivity (Wildman–Crippen MR) is 118 cm³/mol. The molecule has 0 saturated heterocycles. The number of methoxy groups -OCH3 is 1. The molecule has 10 heteroatoms. The molecular weight excluding hydrogens is 451 g/mol. The predicted octanol–water partition coefficient (Wildman–Crippen LogP) is 4.36. The van der Waals surface area contributed by atoms with Gasteiger partial charge in [0.2, 0.25) is 5.91 Å². The van der Waals surface area contributed by atoms with Crippen molar-refractivity contribution in [3.63, 3.8) is 0 Å². The van der Waals surface area contributed by atoms with Crippen LogP contribution in [0.15, 0.2) is 60.8 Å². The van der Waals surface area contributed by atoms with Gasteiger partial charge in [-0.2, -0.15) is 13.2 Å². The molecule has 0 radical (unpaired) electrons. The number of hydrogen-bond acceptors (Lipinski definition) is 5. The third-order valence-electron chi connectivity index (χ3n) is 4.80. The maximum Gasteiger partial charge on any atom is 0.416 e. The molecule has 178 valence electrons. The first-order valence-electron chi connectivity index (χ1n) is 10.2. The van der Waals surface area contributed by atoms with Crippen LogP contribution in [-0.4, -0.2) is 23.9 Å². The number of rotatable bonds is 9. The van der Waals surface area contributed by atoms with E-state index in [1.807, 2.05) is 0 Å². The van der Waals surface area contributed by atoms with E-state index in [-0.39, 0.29) is 30.2 Å². The zero-order valence-electron chi connectivity index (χ0n) is 18.2. The van der Waals surface area contributed by atoms with Crippen LogP contribution >= 0.6 is 0 Å². The third kappa shape index (κ3) is 6.96. The fraction of sp³-hybridized carbons (Fsp3) is 0.208. The van der Waals surface area contributed by atoms with Crippen molar-refractivity contribution in [3.05, 3.63) is 83.2 Å². The van der Waals surface area contributed by atoms with Gasteiger partial charge in [-0.3, -0.25) is 14.6 Å². The minimum atomic E-state index is -4.56. The Morgan fingerprint density at radius 1 is 1.00 bits per heavy atom. The van der Waals surface area contributed by atoms with E-state index in [9.17, 15) is 22.8 Å². The van der Waals surface area contributed by atoms with Gasteiger partial charge >= 0.3 is 6.18 Å². The highest BCUT2D eigenvalue weighted by molar-refractivity contribution is 5.91. The second-order valence-corrected chi connectivity index (χ2v) is 7.34. The van der Waals surface area contributed by atoms with E-state index in [4.69, 9.17) is 15.2 Å². The van der Waals surface area contributed by atoms with Crippen LogP contribution < -0.4 is 20.5 Å². The summed E-state index contributed by atoms with van der Waals surface area (Å²) in [5.74, 6) is -0.466. The number of nitrogens with one attached hydrogen (secondary N) is 1. The molecular formula is C24H22F3N3O4. The zero-order chi connectivity index (χ0) is 24.7. The van der Waals surface area contributed by atoms with Crippen molar-refractivity contribution < 1.29 is 32.2 Å². The average molecular weight is 473 g/mol. The van der Waals surface area contributed by atoms with Crippen LogP contribution in [0, 0.1) is 0 Å². The number of ether oxygens (including phenoxy) is 2. The summed E-state index contributed by atoms with van der Waals surface area (Å²) in [4.78, 5) is 27.3. The van der Waals surface area contributed by atoms with Crippen molar-refractivity contribution in [1.29, 1.82) is 0 Å². The van der Waals surface area contributed by atoms with Crippen LogP contribution in [-0.2, 0) is 24.0 Å². The van der Waals surface area contributed by atoms with Crippen LogP contribution in [0.1, 0.15) is 33.6 Å². The first kappa shape index (κ1) is 24.6. The zero-order valence-corrected chi connectivity index (χ0v) is 18.2. The summed E-state index contributed by atoms with van der Waals surface area (Å²) in [6.45, 7) is 0.213. The number of anilines is 1. The summed E-state index contributed by atoms with van der Waals surface area (Å²) in [6.07, 6.45) is -2.62. The SMILES string of the molecule is COc1cc(NC(=O)CCc2ccc(OCc3ccnc(C(N)=O)c3)cc2)cc(C(F)(F)F)c1. The number of primary amides is 1. The van der Waals surface area contributed by atoms with Gasteiger partial charge in [0.1, 0.15) is 23.8 Å². The molecule has 3 N–H and O–H groups in total. The second kappa shape index (κ2) is 10.7. The number of carbonyl (C=O) groups is 2. The Bertz CT molecular complexity index is 1160. The molecule has 0 atom stereocenters. The van der Waals surface area contributed by atoms with Crippen LogP contribution in [0.3, 0.4) is 0 Å². The second-order valence-electron chi connectivity index (χ2n) is 7.34. The molecule has 1 heterocycles. The smallest absolute Gasteiger partial charge is 0.416 e. The molecule has 0 aliphatic heterocycles. The third-order valence-corrected chi connectivity index (χ3v) is 4.80. The van der Waals surface area contributed by atoms with Gasteiger partial charge in [0.05, 0.1) is 12.7 Å². The molecule has 0 unspecified atom stereocenters. The van der Waals surface area contributed by atoms with Crippen LogP contribution in [0.2, 0.25) is 0 Å². The highest BCUT2D eigenvalue weighted by Gasteiger charge is 2.31. The van der Waals surface area contributed by atoms with Crippen molar-refractivity contribution in [2.75, 3.05) is 12.4 Å². The van der Waals surface area contributed by atoms with Crippen molar-refractivity contribution >= 4 is 17.5 Å². The van der Waals surface area contributed by atoms with Crippen LogP contribution in [0.25, 0.3) is 0 Å². The fourth-order valence-corrected chi connectivity index (χ4v) is 3.05. The molecule has 0 bridgehead atoms. The monoisotopic (exact) mass is 473 g/mol. The summed E-state index contributed by atoms with van der Waals surface area (Å²) in [6, 6.07) is 13.4.